The second kappa shape index (κ2) is 18.4. The van der Waals surface area contributed by atoms with Crippen molar-refractivity contribution in [3.05, 3.63) is 64.6 Å². The van der Waals surface area contributed by atoms with Crippen molar-refractivity contribution in [3.8, 4) is 5.75 Å². The molecule has 0 saturated carbocycles. The van der Waals surface area contributed by atoms with E-state index in [9.17, 15) is 4.79 Å². The fourth-order valence-electron chi connectivity index (χ4n) is 4.34. The molecule has 0 aliphatic carbocycles. The quantitative estimate of drug-likeness (QED) is 0.188. The molecule has 0 bridgehead atoms. The van der Waals surface area contributed by atoms with Crippen LogP contribution in [0.1, 0.15) is 115 Å². The SMILES string of the molecule is CCCCCCCCCCCCCCCCCCOc1cn(Cc2ccccc2)ccc1=O. The van der Waals surface area contributed by atoms with E-state index in [1.807, 2.05) is 35.2 Å². The Morgan fingerprint density at radius 2 is 1.18 bits per heavy atom. The first kappa shape index (κ1) is 27.2. The van der Waals surface area contributed by atoms with Gasteiger partial charge in [-0.3, -0.25) is 4.79 Å². The van der Waals surface area contributed by atoms with Crippen molar-refractivity contribution < 1.29 is 4.74 Å². The van der Waals surface area contributed by atoms with Gasteiger partial charge < -0.3 is 9.30 Å². The number of rotatable bonds is 20. The van der Waals surface area contributed by atoms with Crippen molar-refractivity contribution in [2.45, 2.75) is 116 Å². The molecule has 3 nitrogen and oxygen atoms in total. The number of pyridine rings is 1. The zero-order chi connectivity index (χ0) is 23.4. The molecule has 0 aliphatic rings. The predicted molar refractivity (Wildman–Crippen MR) is 141 cm³/mol. The van der Waals surface area contributed by atoms with Crippen LogP contribution in [0.4, 0.5) is 0 Å². The van der Waals surface area contributed by atoms with Crippen molar-refractivity contribution >= 4 is 0 Å². The number of hydrogen-bond donors (Lipinski definition) is 0. The highest BCUT2D eigenvalue weighted by Crippen LogP contribution is 2.14. The molecule has 0 aliphatic heterocycles. The summed E-state index contributed by atoms with van der Waals surface area (Å²) in [5.41, 5.74) is 1.18. The van der Waals surface area contributed by atoms with E-state index in [4.69, 9.17) is 4.74 Å². The molecule has 0 fully saturated rings. The normalized spacial score (nSPS) is 11.1. The predicted octanol–water partition coefficient (Wildman–Crippen LogP) is 8.54. The Morgan fingerprint density at radius 3 is 1.73 bits per heavy atom. The monoisotopic (exact) mass is 453 g/mol. The molecule has 0 radical (unpaired) electrons. The maximum atomic E-state index is 12.1. The van der Waals surface area contributed by atoms with Gasteiger partial charge in [0, 0.05) is 18.8 Å². The minimum atomic E-state index is -0.0317. The summed E-state index contributed by atoms with van der Waals surface area (Å²) in [5.74, 6) is 0.467. The second-order valence-corrected chi connectivity index (χ2v) is 9.48. The lowest BCUT2D eigenvalue weighted by Crippen LogP contribution is -2.12. The Balaban J connectivity index is 1.42. The highest BCUT2D eigenvalue weighted by molar-refractivity contribution is 5.20. The molecule has 184 valence electrons. The van der Waals surface area contributed by atoms with Gasteiger partial charge in [0.25, 0.3) is 0 Å². The van der Waals surface area contributed by atoms with Crippen LogP contribution in [-0.4, -0.2) is 11.2 Å². The van der Waals surface area contributed by atoms with E-state index in [-0.39, 0.29) is 5.43 Å². The molecule has 1 aromatic heterocycles. The molecule has 3 heteroatoms. The third kappa shape index (κ3) is 13.3. The van der Waals surface area contributed by atoms with E-state index >= 15 is 0 Å². The number of benzene rings is 1. The minimum Gasteiger partial charge on any atom is -0.488 e. The van der Waals surface area contributed by atoms with Gasteiger partial charge in [-0.15, -0.1) is 0 Å². The van der Waals surface area contributed by atoms with Crippen LogP contribution < -0.4 is 10.2 Å². The number of unbranched alkanes of at least 4 members (excludes halogenated alkanes) is 15. The average molecular weight is 454 g/mol. The molecular weight excluding hydrogens is 406 g/mol. The van der Waals surface area contributed by atoms with Gasteiger partial charge in [-0.1, -0.05) is 134 Å². The van der Waals surface area contributed by atoms with E-state index in [0.29, 0.717) is 12.4 Å². The molecule has 33 heavy (non-hydrogen) atoms. The summed E-state index contributed by atoms with van der Waals surface area (Å²) in [4.78, 5) is 12.1. The molecule has 2 aromatic rings. The van der Waals surface area contributed by atoms with Crippen molar-refractivity contribution in [1.29, 1.82) is 0 Å². The fraction of sp³-hybridized carbons (Fsp3) is 0.633. The van der Waals surface area contributed by atoms with Crippen LogP contribution in [0.3, 0.4) is 0 Å². The summed E-state index contributed by atoms with van der Waals surface area (Å²) in [6.07, 6.45) is 25.4. The molecule has 0 saturated heterocycles. The first-order valence-electron chi connectivity index (χ1n) is 13.7. The van der Waals surface area contributed by atoms with E-state index in [0.717, 1.165) is 13.0 Å². The Morgan fingerprint density at radius 1 is 0.667 bits per heavy atom. The summed E-state index contributed by atoms with van der Waals surface area (Å²) < 4.78 is 7.81. The zero-order valence-electron chi connectivity index (χ0n) is 21.1. The zero-order valence-corrected chi connectivity index (χ0v) is 21.1. The standard InChI is InChI=1S/C30H47NO2/c1-2-3-4-5-6-7-8-9-10-11-12-13-14-15-16-20-25-33-30-27-31(24-23-29(30)32)26-28-21-18-17-19-22-28/h17-19,21-24,27H,2-16,20,25-26H2,1H3. The Kier molecular flexibility index (Phi) is 15.2. The van der Waals surface area contributed by atoms with Gasteiger partial charge in [-0.25, -0.2) is 0 Å². The summed E-state index contributed by atoms with van der Waals surface area (Å²) in [5, 5.41) is 0. The van der Waals surface area contributed by atoms with Crippen molar-refractivity contribution in [2.75, 3.05) is 6.61 Å². The highest BCUT2D eigenvalue weighted by atomic mass is 16.5. The lowest BCUT2D eigenvalue weighted by Gasteiger charge is -2.10. The molecule has 0 atom stereocenters. The average Bonchev–Trinajstić information content (AvgIpc) is 2.83. The van der Waals surface area contributed by atoms with Crippen LogP contribution in [-0.2, 0) is 6.54 Å². The molecule has 1 aromatic carbocycles. The van der Waals surface area contributed by atoms with Crippen molar-refractivity contribution in [1.82, 2.24) is 4.57 Å². The Labute approximate surface area is 202 Å². The van der Waals surface area contributed by atoms with Gasteiger partial charge in [0.05, 0.1) is 12.8 Å². The molecule has 0 unspecified atom stereocenters. The largest absolute Gasteiger partial charge is 0.488 e. The van der Waals surface area contributed by atoms with Crippen LogP contribution in [0, 0.1) is 0 Å². The summed E-state index contributed by atoms with van der Waals surface area (Å²) in [6, 6.07) is 11.9. The molecule has 0 N–H and O–H groups in total. The number of aromatic nitrogens is 1. The first-order chi connectivity index (χ1) is 16.3. The smallest absolute Gasteiger partial charge is 0.223 e. The van der Waals surface area contributed by atoms with Crippen molar-refractivity contribution in [2.24, 2.45) is 0 Å². The van der Waals surface area contributed by atoms with Crippen molar-refractivity contribution in [3.63, 3.8) is 0 Å². The van der Waals surface area contributed by atoms with Crippen LogP contribution in [0.15, 0.2) is 53.6 Å². The molecule has 1 heterocycles. The topological polar surface area (TPSA) is 31.2 Å². The molecule has 0 spiro atoms. The third-order valence-corrected chi connectivity index (χ3v) is 6.41. The van der Waals surface area contributed by atoms with Crippen LogP contribution in [0.5, 0.6) is 5.75 Å². The van der Waals surface area contributed by atoms with E-state index < -0.39 is 0 Å². The van der Waals surface area contributed by atoms with Crippen LogP contribution >= 0.6 is 0 Å². The van der Waals surface area contributed by atoms with Crippen LogP contribution in [0.2, 0.25) is 0 Å². The van der Waals surface area contributed by atoms with Gasteiger partial charge >= 0.3 is 0 Å². The van der Waals surface area contributed by atoms with E-state index in [1.165, 1.54) is 102 Å². The fourth-order valence-corrected chi connectivity index (χ4v) is 4.34. The molecule has 0 amide bonds. The first-order valence-corrected chi connectivity index (χ1v) is 13.7. The summed E-state index contributed by atoms with van der Waals surface area (Å²) >= 11 is 0. The summed E-state index contributed by atoms with van der Waals surface area (Å²) in [7, 11) is 0. The maximum absolute atomic E-state index is 12.1. The maximum Gasteiger partial charge on any atom is 0.223 e. The second-order valence-electron chi connectivity index (χ2n) is 9.48. The Hall–Kier alpha value is -2.03. The number of nitrogens with zero attached hydrogens (tertiary/aromatic N) is 1. The van der Waals surface area contributed by atoms with Gasteiger partial charge in [-0.2, -0.15) is 0 Å². The molecular formula is C30H47NO2. The van der Waals surface area contributed by atoms with Gasteiger partial charge in [0.15, 0.2) is 5.75 Å². The van der Waals surface area contributed by atoms with Gasteiger partial charge in [0.2, 0.25) is 5.43 Å². The van der Waals surface area contributed by atoms with E-state index in [2.05, 4.69) is 19.1 Å². The minimum absolute atomic E-state index is 0.0317. The number of hydrogen-bond acceptors (Lipinski definition) is 2. The highest BCUT2D eigenvalue weighted by Gasteiger charge is 2.03. The Bertz CT molecular complexity index is 768. The summed E-state index contributed by atoms with van der Waals surface area (Å²) in [6.45, 7) is 3.66. The number of ether oxygens (including phenoxy) is 1. The molecule has 2 rings (SSSR count). The van der Waals surface area contributed by atoms with E-state index in [1.54, 1.807) is 6.07 Å². The lowest BCUT2D eigenvalue weighted by atomic mass is 10.0. The van der Waals surface area contributed by atoms with Gasteiger partial charge in [-0.05, 0) is 12.0 Å². The van der Waals surface area contributed by atoms with Crippen LogP contribution in [0.25, 0.3) is 0 Å². The lowest BCUT2D eigenvalue weighted by molar-refractivity contribution is 0.299. The third-order valence-electron chi connectivity index (χ3n) is 6.41. The van der Waals surface area contributed by atoms with Gasteiger partial charge in [0.1, 0.15) is 0 Å².